The zero-order valence-electron chi connectivity index (χ0n) is 5.22. The van der Waals surface area contributed by atoms with Gasteiger partial charge in [0.25, 0.3) is 0 Å². The topological polar surface area (TPSA) is 46.5 Å². The van der Waals surface area contributed by atoms with E-state index in [2.05, 4.69) is 36.6 Å². The third-order valence-corrected chi connectivity index (χ3v) is 2.94. The van der Waals surface area contributed by atoms with Gasteiger partial charge in [-0.25, -0.2) is 0 Å². The SMILES string of the molecule is O=C(OCCO)C(Br)CBr. The maximum Gasteiger partial charge on any atom is 0.320 e. The minimum Gasteiger partial charge on any atom is -0.462 e. The molecule has 0 aliphatic carbocycles. The number of hydrogen-bond donors (Lipinski definition) is 1. The second-order valence-electron chi connectivity index (χ2n) is 1.51. The van der Waals surface area contributed by atoms with E-state index in [-0.39, 0.29) is 24.0 Å². The monoisotopic (exact) mass is 274 g/mol. The van der Waals surface area contributed by atoms with Crippen LogP contribution in [0.3, 0.4) is 0 Å². The standard InChI is InChI=1S/C5H8Br2O3/c6-3-4(7)5(9)10-2-1-8/h4,8H,1-3H2. The van der Waals surface area contributed by atoms with Crippen LogP contribution in [0.4, 0.5) is 0 Å². The third kappa shape index (κ3) is 4.24. The number of rotatable bonds is 4. The van der Waals surface area contributed by atoms with Crippen molar-refractivity contribution in [1.82, 2.24) is 0 Å². The summed E-state index contributed by atoms with van der Waals surface area (Å²) < 4.78 is 4.58. The highest BCUT2D eigenvalue weighted by molar-refractivity contribution is 9.12. The van der Waals surface area contributed by atoms with Gasteiger partial charge in [0, 0.05) is 5.33 Å². The zero-order valence-corrected chi connectivity index (χ0v) is 8.39. The quantitative estimate of drug-likeness (QED) is 0.606. The van der Waals surface area contributed by atoms with Gasteiger partial charge in [-0.2, -0.15) is 0 Å². The largest absolute Gasteiger partial charge is 0.462 e. The van der Waals surface area contributed by atoms with Crippen LogP contribution in [0.1, 0.15) is 0 Å². The Kier molecular flexibility index (Phi) is 6.36. The molecular weight excluding hydrogens is 268 g/mol. The minimum atomic E-state index is -0.356. The summed E-state index contributed by atoms with van der Waals surface area (Å²) in [5.74, 6) is -0.356. The number of carbonyl (C=O) groups is 1. The molecule has 0 saturated heterocycles. The molecule has 0 amide bonds. The van der Waals surface area contributed by atoms with E-state index >= 15 is 0 Å². The molecule has 1 unspecified atom stereocenters. The number of ether oxygens (including phenoxy) is 1. The van der Waals surface area contributed by atoms with Crippen LogP contribution in [0.15, 0.2) is 0 Å². The molecule has 0 aliphatic heterocycles. The lowest BCUT2D eigenvalue weighted by molar-refractivity contribution is -0.143. The molecule has 0 aliphatic rings. The number of aliphatic hydroxyl groups excluding tert-OH is 1. The lowest BCUT2D eigenvalue weighted by atomic mass is 10.5. The van der Waals surface area contributed by atoms with Crippen LogP contribution in [0, 0.1) is 0 Å². The number of alkyl halides is 2. The molecule has 1 N–H and O–H groups in total. The molecule has 0 radical (unpaired) electrons. The Bertz CT molecular complexity index is 107. The van der Waals surface area contributed by atoms with Gasteiger partial charge in [0.15, 0.2) is 0 Å². The molecule has 0 heterocycles. The highest BCUT2D eigenvalue weighted by Crippen LogP contribution is 2.05. The molecule has 0 spiro atoms. The van der Waals surface area contributed by atoms with Crippen molar-refractivity contribution < 1.29 is 14.6 Å². The first-order valence-corrected chi connectivity index (χ1v) is 4.73. The highest BCUT2D eigenvalue weighted by Gasteiger charge is 2.13. The van der Waals surface area contributed by atoms with E-state index in [0.29, 0.717) is 5.33 Å². The van der Waals surface area contributed by atoms with Crippen molar-refractivity contribution in [2.75, 3.05) is 18.5 Å². The Balaban J connectivity index is 3.42. The van der Waals surface area contributed by atoms with E-state index in [9.17, 15) is 4.79 Å². The van der Waals surface area contributed by atoms with Crippen LogP contribution in [0.2, 0.25) is 0 Å². The van der Waals surface area contributed by atoms with E-state index < -0.39 is 0 Å². The smallest absolute Gasteiger partial charge is 0.320 e. The van der Waals surface area contributed by atoms with Gasteiger partial charge < -0.3 is 9.84 Å². The van der Waals surface area contributed by atoms with Crippen molar-refractivity contribution in [2.24, 2.45) is 0 Å². The van der Waals surface area contributed by atoms with Crippen LogP contribution < -0.4 is 0 Å². The summed E-state index contributed by atoms with van der Waals surface area (Å²) in [7, 11) is 0. The lowest BCUT2D eigenvalue weighted by Crippen LogP contribution is -2.20. The normalized spacial score (nSPS) is 12.7. The molecular formula is C5H8Br2O3. The number of esters is 1. The Morgan fingerprint density at radius 1 is 1.70 bits per heavy atom. The van der Waals surface area contributed by atoms with Crippen LogP contribution in [0.5, 0.6) is 0 Å². The van der Waals surface area contributed by atoms with Gasteiger partial charge in [-0.05, 0) is 0 Å². The second kappa shape index (κ2) is 6.12. The summed E-state index contributed by atoms with van der Waals surface area (Å²) in [6, 6.07) is 0. The molecule has 3 nitrogen and oxygen atoms in total. The van der Waals surface area contributed by atoms with Crippen molar-refractivity contribution in [3.05, 3.63) is 0 Å². The van der Waals surface area contributed by atoms with Crippen molar-refractivity contribution in [1.29, 1.82) is 0 Å². The van der Waals surface area contributed by atoms with Gasteiger partial charge in [0.05, 0.1) is 6.61 Å². The van der Waals surface area contributed by atoms with Gasteiger partial charge >= 0.3 is 5.97 Å². The average Bonchev–Trinajstić information content (AvgIpc) is 1.98. The van der Waals surface area contributed by atoms with Crippen molar-refractivity contribution in [3.8, 4) is 0 Å². The van der Waals surface area contributed by atoms with Gasteiger partial charge in [-0.3, -0.25) is 4.79 Å². The molecule has 0 aromatic rings. The Labute approximate surface area is 76.0 Å². The molecule has 0 aromatic heterocycles. The highest BCUT2D eigenvalue weighted by atomic mass is 79.9. The molecule has 1 atom stereocenters. The van der Waals surface area contributed by atoms with E-state index in [4.69, 9.17) is 5.11 Å². The summed E-state index contributed by atoms with van der Waals surface area (Å²) >= 11 is 6.17. The van der Waals surface area contributed by atoms with Gasteiger partial charge in [0.1, 0.15) is 11.4 Å². The van der Waals surface area contributed by atoms with Gasteiger partial charge in [0.2, 0.25) is 0 Å². The maximum absolute atomic E-state index is 10.7. The maximum atomic E-state index is 10.7. The van der Waals surface area contributed by atoms with Gasteiger partial charge in [-0.1, -0.05) is 31.9 Å². The summed E-state index contributed by atoms with van der Waals surface area (Å²) in [5, 5.41) is 8.78. The van der Waals surface area contributed by atoms with Crippen LogP contribution in [-0.2, 0) is 9.53 Å². The fourth-order valence-corrected chi connectivity index (χ4v) is 0.696. The summed E-state index contributed by atoms with van der Waals surface area (Å²) in [6.07, 6.45) is 0. The number of aliphatic hydroxyl groups is 1. The first-order valence-electron chi connectivity index (χ1n) is 2.70. The van der Waals surface area contributed by atoms with Crippen molar-refractivity contribution in [3.63, 3.8) is 0 Å². The van der Waals surface area contributed by atoms with Crippen molar-refractivity contribution >= 4 is 37.8 Å². The molecule has 0 saturated carbocycles. The Morgan fingerprint density at radius 3 is 2.70 bits per heavy atom. The average molecular weight is 276 g/mol. The predicted octanol–water partition coefficient (Wildman–Crippen LogP) is 0.680. The molecule has 5 heteroatoms. The first kappa shape index (κ1) is 10.4. The first-order chi connectivity index (χ1) is 4.72. The number of hydrogen-bond acceptors (Lipinski definition) is 3. The molecule has 0 aromatic carbocycles. The number of carbonyl (C=O) groups excluding carboxylic acids is 1. The Morgan fingerprint density at radius 2 is 2.30 bits per heavy atom. The molecule has 0 bridgehead atoms. The fourth-order valence-electron chi connectivity index (χ4n) is 0.300. The van der Waals surface area contributed by atoms with Crippen molar-refractivity contribution in [2.45, 2.75) is 4.83 Å². The summed E-state index contributed by atoms with van der Waals surface area (Å²) in [6.45, 7) is -0.0678. The van der Waals surface area contributed by atoms with Gasteiger partial charge in [-0.15, -0.1) is 0 Å². The lowest BCUT2D eigenvalue weighted by Gasteiger charge is -2.04. The van der Waals surface area contributed by atoms with Crippen LogP contribution >= 0.6 is 31.9 Å². The Hall–Kier alpha value is 0.390. The molecule has 60 valence electrons. The van der Waals surface area contributed by atoms with E-state index in [0.717, 1.165) is 0 Å². The molecule has 10 heavy (non-hydrogen) atoms. The second-order valence-corrected chi connectivity index (χ2v) is 3.27. The molecule has 0 fully saturated rings. The minimum absolute atomic E-state index is 0.0634. The van der Waals surface area contributed by atoms with E-state index in [1.807, 2.05) is 0 Å². The molecule has 0 rings (SSSR count). The van der Waals surface area contributed by atoms with E-state index in [1.54, 1.807) is 0 Å². The van der Waals surface area contributed by atoms with Crippen LogP contribution in [-0.4, -0.2) is 34.4 Å². The zero-order chi connectivity index (χ0) is 7.98. The van der Waals surface area contributed by atoms with E-state index in [1.165, 1.54) is 0 Å². The summed E-state index contributed by atoms with van der Waals surface area (Å²) in [5.41, 5.74) is 0. The van der Waals surface area contributed by atoms with Crippen LogP contribution in [0.25, 0.3) is 0 Å². The third-order valence-electron chi connectivity index (χ3n) is 0.727. The predicted molar refractivity (Wildman–Crippen MR) is 44.6 cm³/mol. The summed E-state index contributed by atoms with van der Waals surface area (Å²) in [4.78, 5) is 10.4. The fraction of sp³-hybridized carbons (Fsp3) is 0.800. The number of halogens is 2.